The highest BCUT2D eigenvalue weighted by atomic mass is 16.5. The van der Waals surface area contributed by atoms with Gasteiger partial charge in [0, 0.05) is 12.1 Å². The minimum absolute atomic E-state index is 0.594. The molecule has 0 radical (unpaired) electrons. The SMILES string of the molecule is COc1cccc(C2CC(NC(C)C)C2)c1. The molecule has 16 heavy (non-hydrogen) atoms. The van der Waals surface area contributed by atoms with E-state index < -0.39 is 0 Å². The maximum Gasteiger partial charge on any atom is 0.119 e. The van der Waals surface area contributed by atoms with Crippen LogP contribution in [0, 0.1) is 0 Å². The Bertz CT molecular complexity index is 342. The Hall–Kier alpha value is -1.02. The molecule has 1 saturated carbocycles. The number of benzene rings is 1. The second-order valence-electron chi connectivity index (χ2n) is 4.96. The van der Waals surface area contributed by atoms with Crippen LogP contribution >= 0.6 is 0 Å². The van der Waals surface area contributed by atoms with E-state index in [-0.39, 0.29) is 0 Å². The molecule has 0 spiro atoms. The van der Waals surface area contributed by atoms with E-state index in [4.69, 9.17) is 4.74 Å². The Kier molecular flexibility index (Phi) is 3.49. The summed E-state index contributed by atoms with van der Waals surface area (Å²) in [5.74, 6) is 1.68. The van der Waals surface area contributed by atoms with Gasteiger partial charge in [0.1, 0.15) is 5.75 Å². The minimum atomic E-state index is 0.594. The minimum Gasteiger partial charge on any atom is -0.497 e. The maximum atomic E-state index is 5.25. The molecule has 0 saturated heterocycles. The predicted molar refractivity (Wildman–Crippen MR) is 67.0 cm³/mol. The summed E-state index contributed by atoms with van der Waals surface area (Å²) in [7, 11) is 1.73. The van der Waals surface area contributed by atoms with Gasteiger partial charge in [0.05, 0.1) is 7.11 Å². The van der Waals surface area contributed by atoms with Gasteiger partial charge in [-0.25, -0.2) is 0 Å². The lowest BCUT2D eigenvalue weighted by Crippen LogP contribution is -2.43. The average molecular weight is 219 g/mol. The molecular weight excluding hydrogens is 198 g/mol. The summed E-state index contributed by atoms with van der Waals surface area (Å²) in [6.07, 6.45) is 2.51. The van der Waals surface area contributed by atoms with Crippen molar-refractivity contribution < 1.29 is 4.74 Å². The number of ether oxygens (including phenoxy) is 1. The topological polar surface area (TPSA) is 21.3 Å². The second-order valence-corrected chi connectivity index (χ2v) is 4.96. The van der Waals surface area contributed by atoms with Gasteiger partial charge in [-0.2, -0.15) is 0 Å². The summed E-state index contributed by atoms with van der Waals surface area (Å²) >= 11 is 0. The molecular formula is C14H21NO. The van der Waals surface area contributed by atoms with Crippen molar-refractivity contribution in [3.8, 4) is 5.75 Å². The number of nitrogens with one attached hydrogen (secondary N) is 1. The van der Waals surface area contributed by atoms with Crippen molar-refractivity contribution in [3.05, 3.63) is 29.8 Å². The van der Waals surface area contributed by atoms with Crippen LogP contribution in [0.2, 0.25) is 0 Å². The summed E-state index contributed by atoms with van der Waals surface area (Å²) in [6, 6.07) is 9.76. The first-order chi connectivity index (χ1) is 7.69. The van der Waals surface area contributed by atoms with Crippen molar-refractivity contribution in [2.75, 3.05) is 7.11 Å². The van der Waals surface area contributed by atoms with Gasteiger partial charge in [0.15, 0.2) is 0 Å². The highest BCUT2D eigenvalue weighted by molar-refractivity contribution is 5.32. The molecule has 0 aromatic heterocycles. The largest absolute Gasteiger partial charge is 0.497 e. The summed E-state index contributed by atoms with van der Waals surface area (Å²) in [6.45, 7) is 4.41. The van der Waals surface area contributed by atoms with Crippen molar-refractivity contribution >= 4 is 0 Å². The van der Waals surface area contributed by atoms with Crippen LogP contribution in [0.3, 0.4) is 0 Å². The fourth-order valence-corrected chi connectivity index (χ4v) is 2.39. The fraction of sp³-hybridized carbons (Fsp3) is 0.571. The van der Waals surface area contributed by atoms with Crippen molar-refractivity contribution in [1.29, 1.82) is 0 Å². The Balaban J connectivity index is 1.91. The molecule has 2 heteroatoms. The van der Waals surface area contributed by atoms with Gasteiger partial charge in [-0.15, -0.1) is 0 Å². The Morgan fingerprint density at radius 3 is 2.69 bits per heavy atom. The number of hydrogen-bond donors (Lipinski definition) is 1. The predicted octanol–water partition coefficient (Wildman–Crippen LogP) is 2.94. The number of methoxy groups -OCH3 is 1. The first-order valence-corrected chi connectivity index (χ1v) is 6.09. The van der Waals surface area contributed by atoms with Crippen LogP contribution in [0.1, 0.15) is 38.2 Å². The van der Waals surface area contributed by atoms with Crippen LogP contribution in [0.5, 0.6) is 5.75 Å². The van der Waals surface area contributed by atoms with Gasteiger partial charge in [-0.1, -0.05) is 26.0 Å². The molecule has 1 aromatic rings. The Labute approximate surface area is 98.0 Å². The van der Waals surface area contributed by atoms with Crippen molar-refractivity contribution in [3.63, 3.8) is 0 Å². The van der Waals surface area contributed by atoms with Gasteiger partial charge >= 0.3 is 0 Å². The van der Waals surface area contributed by atoms with Gasteiger partial charge < -0.3 is 10.1 Å². The zero-order valence-electron chi connectivity index (χ0n) is 10.4. The van der Waals surface area contributed by atoms with Crippen LogP contribution in [-0.4, -0.2) is 19.2 Å². The number of rotatable bonds is 4. The summed E-state index contributed by atoms with van der Waals surface area (Å²) < 4.78 is 5.25. The third kappa shape index (κ3) is 2.56. The third-order valence-electron chi connectivity index (χ3n) is 3.27. The van der Waals surface area contributed by atoms with E-state index >= 15 is 0 Å². The molecule has 0 heterocycles. The molecule has 0 bridgehead atoms. The van der Waals surface area contributed by atoms with E-state index in [1.54, 1.807) is 7.11 Å². The molecule has 2 rings (SSSR count). The first-order valence-electron chi connectivity index (χ1n) is 6.09. The highest BCUT2D eigenvalue weighted by Crippen LogP contribution is 2.38. The van der Waals surface area contributed by atoms with Crippen molar-refractivity contribution in [2.45, 2.75) is 44.7 Å². The van der Waals surface area contributed by atoms with Crippen molar-refractivity contribution in [1.82, 2.24) is 5.32 Å². The average Bonchev–Trinajstić information content (AvgIpc) is 2.22. The van der Waals surface area contributed by atoms with E-state index in [1.807, 2.05) is 6.07 Å². The van der Waals surface area contributed by atoms with E-state index in [1.165, 1.54) is 18.4 Å². The lowest BCUT2D eigenvalue weighted by atomic mass is 9.75. The molecule has 1 aliphatic rings. The molecule has 1 fully saturated rings. The van der Waals surface area contributed by atoms with E-state index in [9.17, 15) is 0 Å². The Morgan fingerprint density at radius 2 is 2.06 bits per heavy atom. The van der Waals surface area contributed by atoms with E-state index in [0.717, 1.165) is 5.75 Å². The molecule has 2 nitrogen and oxygen atoms in total. The zero-order chi connectivity index (χ0) is 11.5. The van der Waals surface area contributed by atoms with Crippen LogP contribution in [0.15, 0.2) is 24.3 Å². The monoisotopic (exact) mass is 219 g/mol. The zero-order valence-corrected chi connectivity index (χ0v) is 10.4. The van der Waals surface area contributed by atoms with Crippen molar-refractivity contribution in [2.24, 2.45) is 0 Å². The fourth-order valence-electron chi connectivity index (χ4n) is 2.39. The van der Waals surface area contributed by atoms with Gasteiger partial charge in [-0.3, -0.25) is 0 Å². The van der Waals surface area contributed by atoms with Crippen LogP contribution in [-0.2, 0) is 0 Å². The quantitative estimate of drug-likeness (QED) is 0.840. The molecule has 0 unspecified atom stereocenters. The first kappa shape index (κ1) is 11.5. The molecule has 0 aliphatic heterocycles. The summed E-state index contributed by atoms with van der Waals surface area (Å²) in [4.78, 5) is 0. The normalized spacial score (nSPS) is 24.2. The third-order valence-corrected chi connectivity index (χ3v) is 3.27. The molecule has 1 aromatic carbocycles. The lowest BCUT2D eigenvalue weighted by molar-refractivity contribution is 0.274. The molecule has 88 valence electrons. The lowest BCUT2D eigenvalue weighted by Gasteiger charge is -2.37. The second kappa shape index (κ2) is 4.88. The van der Waals surface area contributed by atoms with E-state index in [0.29, 0.717) is 18.0 Å². The van der Waals surface area contributed by atoms with Gasteiger partial charge in [0.25, 0.3) is 0 Å². The van der Waals surface area contributed by atoms with Gasteiger partial charge in [-0.05, 0) is 36.5 Å². The molecule has 0 atom stereocenters. The standard InChI is InChI=1S/C14H21NO/c1-10(2)15-13-7-12(8-13)11-5-4-6-14(9-11)16-3/h4-6,9-10,12-13,15H,7-8H2,1-3H3. The number of hydrogen-bond acceptors (Lipinski definition) is 2. The summed E-state index contributed by atoms with van der Waals surface area (Å²) in [5.41, 5.74) is 1.42. The highest BCUT2D eigenvalue weighted by Gasteiger charge is 2.30. The van der Waals surface area contributed by atoms with Gasteiger partial charge in [0.2, 0.25) is 0 Å². The smallest absolute Gasteiger partial charge is 0.119 e. The molecule has 1 aliphatic carbocycles. The van der Waals surface area contributed by atoms with E-state index in [2.05, 4.69) is 37.4 Å². The molecule has 1 N–H and O–H groups in total. The van der Waals surface area contributed by atoms with Crippen LogP contribution < -0.4 is 10.1 Å². The Morgan fingerprint density at radius 1 is 1.31 bits per heavy atom. The summed E-state index contributed by atoms with van der Waals surface area (Å²) in [5, 5.41) is 3.58. The maximum absolute atomic E-state index is 5.25. The van der Waals surface area contributed by atoms with Crippen LogP contribution in [0.4, 0.5) is 0 Å². The molecule has 0 amide bonds. The van der Waals surface area contributed by atoms with Crippen LogP contribution in [0.25, 0.3) is 0 Å².